The summed E-state index contributed by atoms with van der Waals surface area (Å²) in [6, 6.07) is 1.51. The van der Waals surface area contributed by atoms with Crippen LogP contribution in [-0.4, -0.2) is 39.3 Å². The smallest absolute Gasteiger partial charge is 0.334 e. The standard InChI is InChI=1S/C9H12BrNO5S2/c1-5-3-7(17-8(5)10)18(14,15)11-4-6(16-2)9(12)13/h3,6,11H,4H2,1-2H3,(H,12,13). The number of sulfonamides is 1. The number of hydrogen-bond donors (Lipinski definition) is 2. The minimum Gasteiger partial charge on any atom is -0.479 e. The minimum atomic E-state index is -3.71. The van der Waals surface area contributed by atoms with E-state index in [-0.39, 0.29) is 10.8 Å². The highest BCUT2D eigenvalue weighted by atomic mass is 79.9. The number of carboxylic acid groups (broad SMARTS) is 1. The molecule has 0 saturated heterocycles. The molecule has 1 unspecified atom stereocenters. The van der Waals surface area contributed by atoms with Gasteiger partial charge < -0.3 is 9.84 Å². The Morgan fingerprint density at radius 3 is 2.67 bits per heavy atom. The molecular formula is C9H12BrNO5S2. The minimum absolute atomic E-state index is 0.132. The summed E-state index contributed by atoms with van der Waals surface area (Å²) in [5.74, 6) is -1.22. The molecule has 1 aromatic rings. The van der Waals surface area contributed by atoms with E-state index >= 15 is 0 Å². The first kappa shape index (κ1) is 15.6. The maximum atomic E-state index is 11.9. The van der Waals surface area contributed by atoms with Crippen LogP contribution in [-0.2, 0) is 19.6 Å². The number of nitrogens with one attached hydrogen (secondary N) is 1. The normalized spacial score (nSPS) is 13.5. The van der Waals surface area contributed by atoms with Crippen LogP contribution in [0.2, 0.25) is 0 Å². The van der Waals surface area contributed by atoms with E-state index in [4.69, 9.17) is 5.11 Å². The lowest BCUT2D eigenvalue weighted by Crippen LogP contribution is -2.37. The van der Waals surface area contributed by atoms with E-state index in [0.29, 0.717) is 0 Å². The van der Waals surface area contributed by atoms with Gasteiger partial charge in [0.15, 0.2) is 6.10 Å². The molecule has 1 aromatic heterocycles. The lowest BCUT2D eigenvalue weighted by molar-refractivity contribution is -0.147. The van der Waals surface area contributed by atoms with E-state index in [1.54, 1.807) is 6.92 Å². The Morgan fingerprint density at radius 2 is 2.28 bits per heavy atom. The second-order valence-corrected chi connectivity index (χ2v) is 7.80. The molecule has 0 amide bonds. The number of methoxy groups -OCH3 is 1. The Labute approximate surface area is 117 Å². The van der Waals surface area contributed by atoms with Crippen LogP contribution in [0.15, 0.2) is 14.1 Å². The molecule has 0 aliphatic carbocycles. The van der Waals surface area contributed by atoms with Crippen molar-refractivity contribution >= 4 is 43.3 Å². The molecule has 6 nitrogen and oxygen atoms in total. The van der Waals surface area contributed by atoms with Crippen molar-refractivity contribution in [3.63, 3.8) is 0 Å². The lowest BCUT2D eigenvalue weighted by atomic mass is 10.4. The highest BCUT2D eigenvalue weighted by Crippen LogP contribution is 2.30. The van der Waals surface area contributed by atoms with Crippen molar-refractivity contribution in [2.45, 2.75) is 17.2 Å². The Bertz CT molecular complexity index is 520. The predicted molar refractivity (Wildman–Crippen MR) is 70.4 cm³/mol. The molecule has 102 valence electrons. The van der Waals surface area contributed by atoms with E-state index in [1.807, 2.05) is 0 Å². The molecule has 0 bridgehead atoms. The van der Waals surface area contributed by atoms with Crippen LogP contribution >= 0.6 is 27.3 Å². The Balaban J connectivity index is 2.80. The van der Waals surface area contributed by atoms with Crippen molar-refractivity contribution in [2.75, 3.05) is 13.7 Å². The second kappa shape index (κ2) is 6.11. The largest absolute Gasteiger partial charge is 0.479 e. The van der Waals surface area contributed by atoms with E-state index in [0.717, 1.165) is 20.7 Å². The van der Waals surface area contributed by atoms with Crippen LogP contribution in [0.5, 0.6) is 0 Å². The van der Waals surface area contributed by atoms with Crippen LogP contribution < -0.4 is 4.72 Å². The van der Waals surface area contributed by atoms with Crippen molar-refractivity contribution in [1.82, 2.24) is 4.72 Å². The van der Waals surface area contributed by atoms with Gasteiger partial charge in [-0.25, -0.2) is 17.9 Å². The molecule has 0 aliphatic heterocycles. The number of aliphatic carboxylic acids is 1. The topological polar surface area (TPSA) is 92.7 Å². The molecule has 1 atom stereocenters. The van der Waals surface area contributed by atoms with Gasteiger partial charge in [0.1, 0.15) is 4.21 Å². The van der Waals surface area contributed by atoms with Crippen LogP contribution in [0.4, 0.5) is 0 Å². The van der Waals surface area contributed by atoms with Crippen molar-refractivity contribution in [1.29, 1.82) is 0 Å². The first-order chi connectivity index (χ1) is 8.27. The molecular weight excluding hydrogens is 346 g/mol. The average molecular weight is 358 g/mol. The van der Waals surface area contributed by atoms with Crippen molar-refractivity contribution in [2.24, 2.45) is 0 Å². The van der Waals surface area contributed by atoms with Gasteiger partial charge in [0.2, 0.25) is 10.0 Å². The number of rotatable bonds is 6. The predicted octanol–water partition coefficient (Wildman–Crippen LogP) is 1.20. The molecule has 0 aliphatic rings. The van der Waals surface area contributed by atoms with Gasteiger partial charge in [-0.2, -0.15) is 0 Å². The molecule has 18 heavy (non-hydrogen) atoms. The number of carboxylic acids is 1. The maximum absolute atomic E-state index is 11.9. The van der Waals surface area contributed by atoms with Crippen molar-refractivity contribution in [3.05, 3.63) is 15.4 Å². The third-order valence-corrected chi connectivity index (χ3v) is 6.15. The lowest BCUT2D eigenvalue weighted by Gasteiger charge is -2.10. The summed E-state index contributed by atoms with van der Waals surface area (Å²) in [6.45, 7) is 1.46. The first-order valence-corrected chi connectivity index (χ1v) is 7.88. The molecule has 0 saturated carbocycles. The molecule has 9 heteroatoms. The fourth-order valence-electron chi connectivity index (χ4n) is 1.09. The third-order valence-electron chi connectivity index (χ3n) is 2.12. The second-order valence-electron chi connectivity index (χ2n) is 3.44. The summed E-state index contributed by atoms with van der Waals surface area (Å²) in [4.78, 5) is 10.7. The number of hydrogen-bond acceptors (Lipinski definition) is 5. The fraction of sp³-hybridized carbons (Fsp3) is 0.444. The number of halogens is 1. The van der Waals surface area contributed by atoms with E-state index < -0.39 is 22.1 Å². The van der Waals surface area contributed by atoms with Gasteiger partial charge in [-0.15, -0.1) is 11.3 Å². The van der Waals surface area contributed by atoms with Crippen LogP contribution in [0.1, 0.15) is 5.56 Å². The van der Waals surface area contributed by atoms with Crippen LogP contribution in [0.3, 0.4) is 0 Å². The summed E-state index contributed by atoms with van der Waals surface area (Å²) in [5, 5.41) is 8.72. The number of ether oxygens (including phenoxy) is 1. The van der Waals surface area contributed by atoms with Gasteiger partial charge >= 0.3 is 5.97 Å². The van der Waals surface area contributed by atoms with Gasteiger partial charge in [-0.3, -0.25) is 0 Å². The number of aryl methyl sites for hydroxylation is 1. The maximum Gasteiger partial charge on any atom is 0.334 e. The highest BCUT2D eigenvalue weighted by Gasteiger charge is 2.23. The first-order valence-electron chi connectivity index (χ1n) is 4.79. The zero-order valence-corrected chi connectivity index (χ0v) is 12.9. The summed E-state index contributed by atoms with van der Waals surface area (Å²) >= 11 is 4.30. The monoisotopic (exact) mass is 357 g/mol. The van der Waals surface area contributed by atoms with E-state index in [9.17, 15) is 13.2 Å². The highest BCUT2D eigenvalue weighted by molar-refractivity contribution is 9.11. The van der Waals surface area contributed by atoms with Crippen molar-refractivity contribution < 1.29 is 23.1 Å². The third kappa shape index (κ3) is 3.75. The fourth-order valence-corrected chi connectivity index (χ4v) is 4.39. The summed E-state index contributed by atoms with van der Waals surface area (Å²) in [7, 11) is -2.50. The molecule has 1 rings (SSSR count). The van der Waals surface area contributed by atoms with Crippen LogP contribution in [0.25, 0.3) is 0 Å². The van der Waals surface area contributed by atoms with E-state index in [2.05, 4.69) is 25.4 Å². The summed E-state index contributed by atoms with van der Waals surface area (Å²) in [5.41, 5.74) is 0.807. The zero-order valence-electron chi connectivity index (χ0n) is 9.64. The van der Waals surface area contributed by atoms with Gasteiger partial charge in [0, 0.05) is 13.7 Å². The SMILES string of the molecule is COC(CNS(=O)(=O)c1cc(C)c(Br)s1)C(=O)O. The molecule has 2 N–H and O–H groups in total. The molecule has 0 radical (unpaired) electrons. The van der Waals surface area contributed by atoms with Crippen LogP contribution in [0, 0.1) is 6.92 Å². The molecule has 0 aromatic carbocycles. The van der Waals surface area contributed by atoms with Gasteiger partial charge in [0.25, 0.3) is 0 Å². The summed E-state index contributed by atoms with van der Waals surface area (Å²) < 4.78 is 31.4. The molecule has 0 spiro atoms. The molecule has 0 fully saturated rings. The Hall–Kier alpha value is -0.480. The zero-order chi connectivity index (χ0) is 13.9. The van der Waals surface area contributed by atoms with Gasteiger partial charge in [0.05, 0.1) is 3.79 Å². The molecule has 1 heterocycles. The quantitative estimate of drug-likeness (QED) is 0.797. The Morgan fingerprint density at radius 1 is 1.67 bits per heavy atom. The Kier molecular flexibility index (Phi) is 5.29. The number of thiophene rings is 1. The number of carbonyl (C=O) groups is 1. The van der Waals surface area contributed by atoms with Crippen molar-refractivity contribution in [3.8, 4) is 0 Å². The average Bonchev–Trinajstić information content (AvgIpc) is 2.60. The summed E-state index contributed by atoms with van der Waals surface area (Å²) in [6.07, 6.45) is -1.20. The van der Waals surface area contributed by atoms with Gasteiger partial charge in [-0.1, -0.05) is 0 Å². The van der Waals surface area contributed by atoms with E-state index in [1.165, 1.54) is 13.2 Å². The van der Waals surface area contributed by atoms with Gasteiger partial charge in [-0.05, 0) is 34.5 Å².